The zero-order chi connectivity index (χ0) is 19.4. The van der Waals surface area contributed by atoms with Gasteiger partial charge in [0.25, 0.3) is 5.91 Å². The van der Waals surface area contributed by atoms with Gasteiger partial charge in [-0.25, -0.2) is 0 Å². The summed E-state index contributed by atoms with van der Waals surface area (Å²) < 4.78 is 5.06. The zero-order valence-electron chi connectivity index (χ0n) is 15.9. The molecule has 6 nitrogen and oxygen atoms in total. The van der Waals surface area contributed by atoms with Gasteiger partial charge in [-0.3, -0.25) is 14.4 Å². The van der Waals surface area contributed by atoms with E-state index in [4.69, 9.17) is 4.74 Å². The van der Waals surface area contributed by atoms with Gasteiger partial charge in [0.05, 0.1) is 0 Å². The summed E-state index contributed by atoms with van der Waals surface area (Å²) in [5, 5.41) is 0. The van der Waals surface area contributed by atoms with Gasteiger partial charge in [-0.05, 0) is 50.3 Å². The molecular formula is C21H26N2O4. The van der Waals surface area contributed by atoms with Crippen molar-refractivity contribution in [3.05, 3.63) is 41.5 Å². The molecule has 6 heteroatoms. The molecule has 0 radical (unpaired) electrons. The number of amides is 2. The van der Waals surface area contributed by atoms with Crippen molar-refractivity contribution in [2.45, 2.75) is 33.1 Å². The lowest BCUT2D eigenvalue weighted by Crippen LogP contribution is -2.36. The highest BCUT2D eigenvalue weighted by Crippen LogP contribution is 2.36. The minimum atomic E-state index is -0.418. The third-order valence-electron chi connectivity index (χ3n) is 5.01. The standard InChI is InChI=1S/C21H26N2O4/c1-15(17-7-8-17)13-20(25)22-9-4-10-23(12-11-22)21(26)18-5-3-6-19(14-18)27-16(2)24/h3,5-6,13-14,17H,4,7-12H2,1-2H3/b15-13+. The third kappa shape index (κ3) is 5.18. The molecule has 2 aliphatic rings. The first-order chi connectivity index (χ1) is 12.9. The largest absolute Gasteiger partial charge is 0.427 e. The predicted octanol–water partition coefficient (Wildman–Crippen LogP) is 2.64. The van der Waals surface area contributed by atoms with Crippen LogP contribution in [0.5, 0.6) is 5.75 Å². The monoisotopic (exact) mass is 370 g/mol. The average Bonchev–Trinajstić information content (AvgIpc) is 3.47. The Kier molecular flexibility index (Phi) is 5.94. The fourth-order valence-electron chi connectivity index (χ4n) is 3.32. The number of rotatable bonds is 4. The van der Waals surface area contributed by atoms with Crippen molar-refractivity contribution in [1.82, 2.24) is 9.80 Å². The number of benzene rings is 1. The highest BCUT2D eigenvalue weighted by molar-refractivity contribution is 5.95. The summed E-state index contributed by atoms with van der Waals surface area (Å²) in [7, 11) is 0. The smallest absolute Gasteiger partial charge is 0.308 e. The van der Waals surface area contributed by atoms with E-state index in [1.54, 1.807) is 35.2 Å². The summed E-state index contributed by atoms with van der Waals surface area (Å²) in [5.41, 5.74) is 1.65. The number of ether oxygens (including phenoxy) is 1. The summed E-state index contributed by atoms with van der Waals surface area (Å²) in [6, 6.07) is 6.64. The highest BCUT2D eigenvalue weighted by atomic mass is 16.5. The molecule has 0 aromatic heterocycles. The fourth-order valence-corrected chi connectivity index (χ4v) is 3.32. The second-order valence-electron chi connectivity index (χ2n) is 7.26. The number of hydrogen-bond donors (Lipinski definition) is 0. The molecule has 0 N–H and O–H groups in total. The SMILES string of the molecule is CC(=O)Oc1cccc(C(=O)N2CCCN(C(=O)/C=C(\C)C3CC3)CC2)c1. The van der Waals surface area contributed by atoms with E-state index in [0.29, 0.717) is 43.4 Å². The van der Waals surface area contributed by atoms with E-state index in [2.05, 4.69) is 0 Å². The molecule has 144 valence electrons. The summed E-state index contributed by atoms with van der Waals surface area (Å²) in [6.45, 7) is 5.64. The maximum absolute atomic E-state index is 12.8. The lowest BCUT2D eigenvalue weighted by Gasteiger charge is -2.22. The van der Waals surface area contributed by atoms with Gasteiger partial charge in [-0.2, -0.15) is 0 Å². The number of hydrogen-bond acceptors (Lipinski definition) is 4. The molecule has 3 rings (SSSR count). The van der Waals surface area contributed by atoms with Crippen molar-refractivity contribution in [2.24, 2.45) is 5.92 Å². The topological polar surface area (TPSA) is 66.9 Å². The van der Waals surface area contributed by atoms with Crippen molar-refractivity contribution in [1.29, 1.82) is 0 Å². The quantitative estimate of drug-likeness (QED) is 0.464. The van der Waals surface area contributed by atoms with E-state index in [1.807, 2.05) is 11.8 Å². The van der Waals surface area contributed by atoms with E-state index in [-0.39, 0.29) is 11.8 Å². The lowest BCUT2D eigenvalue weighted by atomic mass is 10.2. The summed E-state index contributed by atoms with van der Waals surface area (Å²) in [5.74, 6) is 0.468. The molecule has 1 aromatic carbocycles. The van der Waals surface area contributed by atoms with Crippen LogP contribution in [0.4, 0.5) is 0 Å². The van der Waals surface area contributed by atoms with Crippen molar-refractivity contribution >= 4 is 17.8 Å². The van der Waals surface area contributed by atoms with Crippen molar-refractivity contribution in [2.75, 3.05) is 26.2 Å². The van der Waals surface area contributed by atoms with Crippen molar-refractivity contribution in [3.63, 3.8) is 0 Å². The van der Waals surface area contributed by atoms with Crippen LogP contribution in [0.3, 0.4) is 0 Å². The molecule has 1 saturated carbocycles. The summed E-state index contributed by atoms with van der Waals surface area (Å²) in [4.78, 5) is 40.0. The second kappa shape index (κ2) is 8.37. The molecule has 1 aliphatic heterocycles. The van der Waals surface area contributed by atoms with E-state index in [9.17, 15) is 14.4 Å². The lowest BCUT2D eigenvalue weighted by molar-refractivity contribution is -0.132. The normalized spacial score (nSPS) is 18.1. The first kappa shape index (κ1) is 19.1. The molecule has 27 heavy (non-hydrogen) atoms. The Labute approximate surface area is 159 Å². The molecule has 2 fully saturated rings. The molecule has 0 spiro atoms. The highest BCUT2D eigenvalue weighted by Gasteiger charge is 2.26. The first-order valence-corrected chi connectivity index (χ1v) is 9.49. The van der Waals surface area contributed by atoms with Crippen LogP contribution < -0.4 is 4.74 Å². The minimum Gasteiger partial charge on any atom is -0.427 e. The van der Waals surface area contributed by atoms with E-state index >= 15 is 0 Å². The van der Waals surface area contributed by atoms with E-state index in [0.717, 1.165) is 6.42 Å². The van der Waals surface area contributed by atoms with Crippen LogP contribution in [0, 0.1) is 5.92 Å². The average molecular weight is 370 g/mol. The Morgan fingerprint density at radius 3 is 2.44 bits per heavy atom. The number of carbonyl (C=O) groups is 3. The third-order valence-corrected chi connectivity index (χ3v) is 5.01. The van der Waals surface area contributed by atoms with Gasteiger partial charge in [0.2, 0.25) is 5.91 Å². The van der Waals surface area contributed by atoms with E-state index in [1.165, 1.54) is 25.3 Å². The maximum Gasteiger partial charge on any atom is 0.308 e. The van der Waals surface area contributed by atoms with Crippen LogP contribution in [-0.2, 0) is 9.59 Å². The van der Waals surface area contributed by atoms with Gasteiger partial charge >= 0.3 is 5.97 Å². The zero-order valence-corrected chi connectivity index (χ0v) is 15.9. The number of nitrogens with zero attached hydrogens (tertiary/aromatic N) is 2. The Bertz CT molecular complexity index is 767. The van der Waals surface area contributed by atoms with Crippen LogP contribution in [-0.4, -0.2) is 53.8 Å². The molecule has 0 unspecified atom stereocenters. The van der Waals surface area contributed by atoms with Crippen LogP contribution in [0.2, 0.25) is 0 Å². The van der Waals surface area contributed by atoms with Crippen LogP contribution >= 0.6 is 0 Å². The molecule has 1 saturated heterocycles. The number of carbonyl (C=O) groups excluding carboxylic acids is 3. The molecule has 0 atom stereocenters. The minimum absolute atomic E-state index is 0.0468. The molecule has 0 bridgehead atoms. The molecule has 1 aliphatic carbocycles. The molecular weight excluding hydrogens is 344 g/mol. The number of esters is 1. The van der Waals surface area contributed by atoms with Gasteiger partial charge in [-0.1, -0.05) is 11.6 Å². The van der Waals surface area contributed by atoms with Crippen LogP contribution in [0.15, 0.2) is 35.9 Å². The van der Waals surface area contributed by atoms with Gasteiger partial charge in [0, 0.05) is 44.7 Å². The Morgan fingerprint density at radius 1 is 1.04 bits per heavy atom. The van der Waals surface area contributed by atoms with Gasteiger partial charge in [0.15, 0.2) is 0 Å². The summed E-state index contributed by atoms with van der Waals surface area (Å²) in [6.07, 6.45) is 4.88. The molecule has 2 amide bonds. The van der Waals surface area contributed by atoms with Crippen molar-refractivity contribution < 1.29 is 19.1 Å². The van der Waals surface area contributed by atoms with Crippen LogP contribution in [0.1, 0.15) is 43.5 Å². The molecule has 1 heterocycles. The Balaban J connectivity index is 1.62. The summed E-state index contributed by atoms with van der Waals surface area (Å²) >= 11 is 0. The van der Waals surface area contributed by atoms with Crippen LogP contribution in [0.25, 0.3) is 0 Å². The van der Waals surface area contributed by atoms with Crippen molar-refractivity contribution in [3.8, 4) is 5.75 Å². The van der Waals surface area contributed by atoms with Gasteiger partial charge < -0.3 is 14.5 Å². The van der Waals surface area contributed by atoms with Gasteiger partial charge in [-0.15, -0.1) is 0 Å². The Hall–Kier alpha value is -2.63. The predicted molar refractivity (Wildman–Crippen MR) is 101 cm³/mol. The fraction of sp³-hybridized carbons (Fsp3) is 0.476. The van der Waals surface area contributed by atoms with Gasteiger partial charge in [0.1, 0.15) is 5.75 Å². The Morgan fingerprint density at radius 2 is 1.74 bits per heavy atom. The maximum atomic E-state index is 12.8. The number of allylic oxidation sites excluding steroid dienone is 1. The second-order valence-corrected chi connectivity index (χ2v) is 7.26. The first-order valence-electron chi connectivity index (χ1n) is 9.49. The van der Waals surface area contributed by atoms with E-state index < -0.39 is 5.97 Å². The molecule has 1 aromatic rings.